The molecule has 11 heteroatoms. The monoisotopic (exact) mass is 395 g/mol. The van der Waals surface area contributed by atoms with Crippen LogP contribution in [0.25, 0.3) is 11.0 Å². The number of pyridine rings is 1. The molecule has 1 N–H and O–H groups in total. The lowest BCUT2D eigenvalue weighted by Gasteiger charge is -2.11. The van der Waals surface area contributed by atoms with Crippen molar-refractivity contribution >= 4 is 22.9 Å². The molecule has 144 valence electrons. The minimum Gasteiger partial charge on any atom is -0.304 e. The summed E-state index contributed by atoms with van der Waals surface area (Å²) >= 11 is 0. The molecule has 0 radical (unpaired) electrons. The van der Waals surface area contributed by atoms with Gasteiger partial charge in [-0.1, -0.05) is 0 Å². The van der Waals surface area contributed by atoms with E-state index in [-0.39, 0.29) is 28.1 Å². The molecule has 2 aromatic heterocycles. The van der Waals surface area contributed by atoms with Gasteiger partial charge in [-0.3, -0.25) is 15.1 Å². The summed E-state index contributed by atoms with van der Waals surface area (Å²) in [5.74, 6) is -1.25. The Kier molecular flexibility index (Phi) is 4.96. The summed E-state index contributed by atoms with van der Waals surface area (Å²) in [5.41, 5.74) is -1.01. The topological polar surface area (TPSA) is 83.6 Å². The highest BCUT2D eigenvalue weighted by molar-refractivity contribution is 6.04. The van der Waals surface area contributed by atoms with Gasteiger partial charge in [0.05, 0.1) is 29.2 Å². The zero-order valence-corrected chi connectivity index (χ0v) is 13.8. The zero-order chi connectivity index (χ0) is 20.5. The highest BCUT2D eigenvalue weighted by atomic mass is 19.4. The molecule has 1 aromatic carbocycles. The molecule has 0 spiro atoms. The third-order valence-electron chi connectivity index (χ3n) is 3.74. The summed E-state index contributed by atoms with van der Waals surface area (Å²) in [6.07, 6.45) is -6.72. The van der Waals surface area contributed by atoms with Crippen molar-refractivity contribution in [3.63, 3.8) is 0 Å². The van der Waals surface area contributed by atoms with Gasteiger partial charge in [0.1, 0.15) is 5.69 Å². The molecule has 0 aliphatic carbocycles. The zero-order valence-electron chi connectivity index (χ0n) is 13.8. The number of rotatable bonds is 4. The average Bonchev–Trinajstić information content (AvgIpc) is 2.97. The quantitative estimate of drug-likeness (QED) is 0.681. The second kappa shape index (κ2) is 7.22. The van der Waals surface area contributed by atoms with Crippen LogP contribution in [0.3, 0.4) is 0 Å². The van der Waals surface area contributed by atoms with Crippen LogP contribution in [0.2, 0.25) is 0 Å². The molecular weight excluding hydrogens is 385 g/mol. The second-order valence-corrected chi connectivity index (χ2v) is 5.63. The highest BCUT2D eigenvalue weighted by Gasteiger charge is 2.33. The molecule has 3 rings (SSSR count). The number of nitrogens with one attached hydrogen (secondary N) is 1. The molecule has 0 atom stereocenters. The molecule has 2 heterocycles. The van der Waals surface area contributed by atoms with Crippen LogP contribution in [0, 0.1) is 11.3 Å². The van der Waals surface area contributed by atoms with Crippen LogP contribution >= 0.6 is 0 Å². The lowest BCUT2D eigenvalue weighted by atomic mass is 10.2. The number of nitrogens with zero attached hydrogens (tertiary/aromatic N) is 4. The standard InChI is InChI=1S/C17H10F5N5O/c18-14(19)8-27-12-5-9(7-23)1-2-11(12)25-16(27)26-15(28)10-3-4-24-13(6-10)17(20,21)22/h1-6,14H,8H2,(H,25,26,28). The number of benzene rings is 1. The van der Waals surface area contributed by atoms with Gasteiger partial charge < -0.3 is 4.57 Å². The van der Waals surface area contributed by atoms with Gasteiger partial charge in [0, 0.05) is 11.8 Å². The molecule has 0 aliphatic rings. The first-order chi connectivity index (χ1) is 13.2. The summed E-state index contributed by atoms with van der Waals surface area (Å²) in [6, 6.07) is 7.63. The van der Waals surface area contributed by atoms with Crippen molar-refractivity contribution in [3.05, 3.63) is 53.3 Å². The minimum atomic E-state index is -4.74. The molecule has 1 amide bonds. The Balaban J connectivity index is 2.00. The third-order valence-corrected chi connectivity index (χ3v) is 3.74. The first kappa shape index (κ1) is 19.2. The molecule has 0 unspecified atom stereocenters. The van der Waals surface area contributed by atoms with Gasteiger partial charge in [-0.05, 0) is 30.3 Å². The number of carbonyl (C=O) groups excluding carboxylic acids is 1. The summed E-state index contributed by atoms with van der Waals surface area (Å²) in [6.45, 7) is -0.828. The number of hydrogen-bond acceptors (Lipinski definition) is 4. The van der Waals surface area contributed by atoms with E-state index in [1.807, 2.05) is 6.07 Å². The molecule has 0 fully saturated rings. The third kappa shape index (κ3) is 3.90. The van der Waals surface area contributed by atoms with Gasteiger partial charge in [0.15, 0.2) is 0 Å². The Bertz CT molecular complexity index is 1080. The van der Waals surface area contributed by atoms with Gasteiger partial charge in [-0.2, -0.15) is 18.4 Å². The number of halogens is 5. The number of anilines is 1. The van der Waals surface area contributed by atoms with Crippen LogP contribution in [0.4, 0.5) is 27.9 Å². The van der Waals surface area contributed by atoms with E-state index in [1.54, 1.807) is 0 Å². The van der Waals surface area contributed by atoms with Crippen LogP contribution < -0.4 is 5.32 Å². The van der Waals surface area contributed by atoms with Gasteiger partial charge >= 0.3 is 6.18 Å². The minimum absolute atomic E-state index is 0.181. The van der Waals surface area contributed by atoms with E-state index in [0.717, 1.165) is 16.8 Å². The first-order valence-electron chi connectivity index (χ1n) is 7.72. The van der Waals surface area contributed by atoms with Gasteiger partial charge in [-0.15, -0.1) is 0 Å². The molecule has 28 heavy (non-hydrogen) atoms. The Morgan fingerprint density at radius 1 is 1.25 bits per heavy atom. The molecule has 0 saturated heterocycles. The predicted molar refractivity (Wildman–Crippen MR) is 87.6 cm³/mol. The van der Waals surface area contributed by atoms with Crippen molar-refractivity contribution in [1.29, 1.82) is 5.26 Å². The fourth-order valence-corrected chi connectivity index (χ4v) is 2.51. The molecule has 6 nitrogen and oxygen atoms in total. The maximum Gasteiger partial charge on any atom is 0.433 e. The summed E-state index contributed by atoms with van der Waals surface area (Å²) in [7, 11) is 0. The number of fused-ring (bicyclic) bond motifs is 1. The Hall–Kier alpha value is -3.55. The van der Waals surface area contributed by atoms with Crippen LogP contribution in [-0.4, -0.2) is 26.9 Å². The van der Waals surface area contributed by atoms with E-state index in [0.29, 0.717) is 6.07 Å². The van der Waals surface area contributed by atoms with Crippen LogP contribution in [-0.2, 0) is 12.7 Å². The van der Waals surface area contributed by atoms with Gasteiger partial charge in [0.2, 0.25) is 5.95 Å². The molecular formula is C17H10F5N5O. The lowest BCUT2D eigenvalue weighted by Crippen LogP contribution is -2.19. The Labute approximate surface area is 154 Å². The van der Waals surface area contributed by atoms with E-state index in [2.05, 4.69) is 15.3 Å². The summed E-state index contributed by atoms with van der Waals surface area (Å²) in [4.78, 5) is 19.5. The van der Waals surface area contributed by atoms with Gasteiger partial charge in [-0.25, -0.2) is 13.8 Å². The fourth-order valence-electron chi connectivity index (χ4n) is 2.51. The number of amides is 1. The number of hydrogen-bond donors (Lipinski definition) is 1. The van der Waals surface area contributed by atoms with E-state index >= 15 is 0 Å². The number of alkyl halides is 5. The normalized spacial score (nSPS) is 11.6. The maximum atomic E-state index is 13.0. The van der Waals surface area contributed by atoms with E-state index in [9.17, 15) is 26.7 Å². The largest absolute Gasteiger partial charge is 0.433 e. The van der Waals surface area contributed by atoms with Crippen molar-refractivity contribution in [2.75, 3.05) is 5.32 Å². The Morgan fingerprint density at radius 3 is 2.64 bits per heavy atom. The number of carbonyl (C=O) groups is 1. The van der Waals surface area contributed by atoms with Crippen molar-refractivity contribution in [3.8, 4) is 6.07 Å². The maximum absolute atomic E-state index is 13.0. The van der Waals surface area contributed by atoms with Crippen LogP contribution in [0.5, 0.6) is 0 Å². The first-order valence-corrected chi connectivity index (χ1v) is 7.72. The SMILES string of the molecule is N#Cc1ccc2nc(NC(=O)c3ccnc(C(F)(F)F)c3)n(CC(F)F)c2c1. The smallest absolute Gasteiger partial charge is 0.304 e. The van der Waals surface area contributed by atoms with Crippen molar-refractivity contribution in [2.24, 2.45) is 0 Å². The number of aromatic nitrogens is 3. The lowest BCUT2D eigenvalue weighted by molar-refractivity contribution is -0.141. The predicted octanol–water partition coefficient (Wildman–Crippen LogP) is 3.84. The van der Waals surface area contributed by atoms with Gasteiger partial charge in [0.25, 0.3) is 12.3 Å². The van der Waals surface area contributed by atoms with E-state index in [1.165, 1.54) is 18.2 Å². The molecule has 0 aliphatic heterocycles. The van der Waals surface area contributed by atoms with E-state index in [4.69, 9.17) is 5.26 Å². The summed E-state index contributed by atoms with van der Waals surface area (Å²) < 4.78 is 65.2. The number of nitriles is 1. The molecule has 0 bridgehead atoms. The molecule has 0 saturated carbocycles. The second-order valence-electron chi connectivity index (χ2n) is 5.63. The fraction of sp³-hybridized carbons (Fsp3) is 0.176. The van der Waals surface area contributed by atoms with Crippen molar-refractivity contribution in [1.82, 2.24) is 14.5 Å². The van der Waals surface area contributed by atoms with E-state index < -0.39 is 30.7 Å². The van der Waals surface area contributed by atoms with Crippen LogP contribution in [0.1, 0.15) is 21.6 Å². The van der Waals surface area contributed by atoms with Crippen molar-refractivity contribution < 1.29 is 26.7 Å². The Morgan fingerprint density at radius 2 is 2.00 bits per heavy atom. The van der Waals surface area contributed by atoms with Crippen molar-refractivity contribution in [2.45, 2.75) is 19.1 Å². The highest BCUT2D eigenvalue weighted by Crippen LogP contribution is 2.28. The molecule has 3 aromatic rings. The summed E-state index contributed by atoms with van der Waals surface area (Å²) in [5, 5.41) is 11.2. The van der Waals surface area contributed by atoms with Crippen LogP contribution in [0.15, 0.2) is 36.5 Å². The number of imidazole rings is 1. The average molecular weight is 395 g/mol.